The maximum Gasteiger partial charge on any atom is 0.227 e. The van der Waals surface area contributed by atoms with Crippen LogP contribution >= 0.6 is 11.6 Å². The highest BCUT2D eigenvalue weighted by Gasteiger charge is 2.28. The van der Waals surface area contributed by atoms with Gasteiger partial charge >= 0.3 is 0 Å². The number of pyridine rings is 1. The molecule has 1 aromatic heterocycles. The highest BCUT2D eigenvalue weighted by Crippen LogP contribution is 2.36. The van der Waals surface area contributed by atoms with Gasteiger partial charge in [-0.1, -0.05) is 30.3 Å². The second kappa shape index (κ2) is 6.69. The number of nitrogens with one attached hydrogen (secondary N) is 1. The highest BCUT2D eigenvalue weighted by atomic mass is 35.5. The number of carbonyl (C=O) groups excluding carboxylic acids is 1. The van der Waals surface area contributed by atoms with Crippen molar-refractivity contribution >= 4 is 23.1 Å². The van der Waals surface area contributed by atoms with E-state index in [9.17, 15) is 13.6 Å². The minimum atomic E-state index is -1.10. The molecule has 1 aliphatic rings. The lowest BCUT2D eigenvalue weighted by atomic mass is 9.83. The van der Waals surface area contributed by atoms with E-state index >= 15 is 0 Å². The molecule has 1 amide bonds. The third kappa shape index (κ3) is 3.04. The average molecular weight is 349 g/mol. The van der Waals surface area contributed by atoms with Crippen LogP contribution in [-0.4, -0.2) is 10.9 Å². The summed E-state index contributed by atoms with van der Waals surface area (Å²) in [6.07, 6.45) is 2.99. The summed E-state index contributed by atoms with van der Waals surface area (Å²) in [5.41, 5.74) is 2.84. The Hall–Kier alpha value is -2.27. The smallest absolute Gasteiger partial charge is 0.227 e. The van der Waals surface area contributed by atoms with Gasteiger partial charge in [-0.3, -0.25) is 9.78 Å². The predicted octanol–water partition coefficient (Wildman–Crippen LogP) is 4.22. The van der Waals surface area contributed by atoms with Crippen LogP contribution in [0.5, 0.6) is 0 Å². The highest BCUT2D eigenvalue weighted by molar-refractivity contribution is 6.31. The molecule has 0 saturated heterocycles. The van der Waals surface area contributed by atoms with Crippen molar-refractivity contribution in [3.63, 3.8) is 0 Å². The number of fused-ring (bicyclic) bond motifs is 1. The number of amides is 1. The number of carbonyl (C=O) groups is 1. The van der Waals surface area contributed by atoms with Crippen molar-refractivity contribution < 1.29 is 13.6 Å². The Balaban J connectivity index is 1.76. The summed E-state index contributed by atoms with van der Waals surface area (Å²) < 4.78 is 26.6. The van der Waals surface area contributed by atoms with E-state index in [0.29, 0.717) is 18.4 Å². The van der Waals surface area contributed by atoms with Gasteiger partial charge in [0.2, 0.25) is 5.91 Å². The molecule has 0 spiro atoms. The number of rotatable bonds is 3. The van der Waals surface area contributed by atoms with Crippen LogP contribution in [0.2, 0.25) is 5.02 Å². The largest absolute Gasteiger partial charge is 0.351 e. The molecule has 0 fully saturated rings. The fourth-order valence-electron chi connectivity index (χ4n) is 2.87. The summed E-state index contributed by atoms with van der Waals surface area (Å²) in [6, 6.07) is 6.00. The molecule has 6 heteroatoms. The maximum absolute atomic E-state index is 13.5. The van der Waals surface area contributed by atoms with Crippen LogP contribution in [0.3, 0.4) is 0 Å². The third-order valence-corrected chi connectivity index (χ3v) is 4.58. The van der Waals surface area contributed by atoms with E-state index in [1.165, 1.54) is 6.07 Å². The Bertz CT molecular complexity index is 823. The first-order chi connectivity index (χ1) is 11.5. The van der Waals surface area contributed by atoms with Crippen LogP contribution in [0.1, 0.15) is 35.6 Å². The molecular formula is C18H15ClF2N2O. The SMILES string of the molecule is C=C1CCC(C(=O)NCc2ccc(F)c(F)c2Cl)c2cccnc21. The summed E-state index contributed by atoms with van der Waals surface area (Å²) >= 11 is 5.78. The van der Waals surface area contributed by atoms with Crippen molar-refractivity contribution in [2.24, 2.45) is 0 Å². The zero-order valence-corrected chi connectivity index (χ0v) is 13.5. The lowest BCUT2D eigenvalue weighted by molar-refractivity contribution is -0.122. The lowest BCUT2D eigenvalue weighted by Crippen LogP contribution is -2.31. The second-order valence-corrected chi connectivity index (χ2v) is 6.07. The topological polar surface area (TPSA) is 42.0 Å². The van der Waals surface area contributed by atoms with Crippen LogP contribution in [0, 0.1) is 11.6 Å². The first-order valence-electron chi connectivity index (χ1n) is 7.52. The molecular weight excluding hydrogens is 334 g/mol. The molecule has 0 saturated carbocycles. The van der Waals surface area contributed by atoms with Crippen molar-refractivity contribution in [2.75, 3.05) is 0 Å². The molecule has 3 rings (SSSR count). The number of benzene rings is 1. The van der Waals surface area contributed by atoms with Gasteiger partial charge in [-0.2, -0.15) is 0 Å². The Kier molecular flexibility index (Phi) is 4.62. The fourth-order valence-corrected chi connectivity index (χ4v) is 3.09. The average Bonchev–Trinajstić information content (AvgIpc) is 2.59. The normalized spacial score (nSPS) is 16.6. The van der Waals surface area contributed by atoms with Gasteiger partial charge in [0.15, 0.2) is 11.6 Å². The van der Waals surface area contributed by atoms with Gasteiger partial charge in [0.25, 0.3) is 0 Å². The molecule has 1 atom stereocenters. The first kappa shape index (κ1) is 16.6. The monoisotopic (exact) mass is 348 g/mol. The molecule has 24 heavy (non-hydrogen) atoms. The van der Waals surface area contributed by atoms with Gasteiger partial charge in [-0.25, -0.2) is 8.78 Å². The van der Waals surface area contributed by atoms with Crippen LogP contribution in [0.4, 0.5) is 8.78 Å². The van der Waals surface area contributed by atoms with Crippen LogP contribution in [-0.2, 0) is 11.3 Å². The number of hydrogen-bond acceptors (Lipinski definition) is 2. The number of hydrogen-bond donors (Lipinski definition) is 1. The van der Waals surface area contributed by atoms with Gasteiger partial charge in [0.1, 0.15) is 0 Å². The first-order valence-corrected chi connectivity index (χ1v) is 7.90. The van der Waals surface area contributed by atoms with Crippen molar-refractivity contribution in [2.45, 2.75) is 25.3 Å². The second-order valence-electron chi connectivity index (χ2n) is 5.69. The molecule has 1 aliphatic carbocycles. The van der Waals surface area contributed by atoms with E-state index in [4.69, 9.17) is 11.6 Å². The maximum atomic E-state index is 13.5. The van der Waals surface area contributed by atoms with E-state index in [1.807, 2.05) is 6.07 Å². The molecule has 0 radical (unpaired) electrons. The van der Waals surface area contributed by atoms with Gasteiger partial charge in [-0.15, -0.1) is 0 Å². The standard InChI is InChI=1S/C18H15ClF2N2O/c1-10-4-6-13(12-3-2-8-22-17(10)12)18(24)23-9-11-5-7-14(20)16(21)15(11)19/h2-3,5,7-8,13H,1,4,6,9H2,(H,23,24). The fraction of sp³-hybridized carbons (Fsp3) is 0.222. The van der Waals surface area contributed by atoms with E-state index in [0.717, 1.165) is 22.9 Å². The number of halogens is 3. The van der Waals surface area contributed by atoms with Crippen LogP contribution in [0.15, 0.2) is 37.0 Å². The van der Waals surface area contributed by atoms with Gasteiger partial charge < -0.3 is 5.32 Å². The van der Waals surface area contributed by atoms with Crippen LogP contribution < -0.4 is 5.32 Å². The molecule has 1 unspecified atom stereocenters. The van der Waals surface area contributed by atoms with E-state index in [2.05, 4.69) is 16.9 Å². The summed E-state index contributed by atoms with van der Waals surface area (Å²) in [6.45, 7) is 4.01. The molecule has 0 aliphatic heterocycles. The zero-order valence-electron chi connectivity index (χ0n) is 12.8. The van der Waals surface area contributed by atoms with Gasteiger partial charge in [0.05, 0.1) is 16.6 Å². The number of nitrogens with zero attached hydrogens (tertiary/aromatic N) is 1. The minimum absolute atomic E-state index is 0.0297. The van der Waals surface area contributed by atoms with Crippen LogP contribution in [0.25, 0.3) is 5.57 Å². The molecule has 0 bridgehead atoms. The number of aromatic nitrogens is 1. The molecule has 124 valence electrons. The van der Waals surface area contributed by atoms with E-state index in [-0.39, 0.29) is 23.4 Å². The predicted molar refractivity (Wildman–Crippen MR) is 88.5 cm³/mol. The van der Waals surface area contributed by atoms with E-state index in [1.54, 1.807) is 12.3 Å². The van der Waals surface area contributed by atoms with Crippen molar-refractivity contribution in [3.05, 3.63) is 70.5 Å². The Morgan fingerprint density at radius 2 is 2.17 bits per heavy atom. The summed E-state index contributed by atoms with van der Waals surface area (Å²) in [5, 5.41) is 2.43. The van der Waals surface area contributed by atoms with Gasteiger partial charge in [-0.05, 0) is 41.7 Å². The summed E-state index contributed by atoms with van der Waals surface area (Å²) in [7, 11) is 0. The van der Waals surface area contributed by atoms with Crippen molar-refractivity contribution in [3.8, 4) is 0 Å². The third-order valence-electron chi connectivity index (χ3n) is 4.17. The molecule has 2 aromatic rings. The molecule has 1 N–H and O–H groups in total. The minimum Gasteiger partial charge on any atom is -0.351 e. The van der Waals surface area contributed by atoms with Crippen molar-refractivity contribution in [1.29, 1.82) is 0 Å². The Labute approximate surface area is 143 Å². The summed E-state index contributed by atoms with van der Waals surface area (Å²) in [4.78, 5) is 16.8. The lowest BCUT2D eigenvalue weighted by Gasteiger charge is -2.25. The van der Waals surface area contributed by atoms with E-state index < -0.39 is 11.6 Å². The Morgan fingerprint density at radius 3 is 2.96 bits per heavy atom. The van der Waals surface area contributed by atoms with Crippen molar-refractivity contribution in [1.82, 2.24) is 10.3 Å². The summed E-state index contributed by atoms with van der Waals surface area (Å²) in [5.74, 6) is -2.66. The number of allylic oxidation sites excluding steroid dienone is 1. The Morgan fingerprint density at radius 1 is 1.38 bits per heavy atom. The quantitative estimate of drug-likeness (QED) is 0.844. The molecule has 3 nitrogen and oxygen atoms in total. The molecule has 1 heterocycles. The zero-order chi connectivity index (χ0) is 17.3. The van der Waals surface area contributed by atoms with Gasteiger partial charge in [0, 0.05) is 12.7 Å². The molecule has 1 aromatic carbocycles.